The van der Waals surface area contributed by atoms with E-state index in [1.54, 1.807) is 40.0 Å². The molecule has 3 aliphatic carbocycles. The van der Waals surface area contributed by atoms with Gasteiger partial charge in [-0.25, -0.2) is 9.59 Å². The Balaban J connectivity index is 1.84. The van der Waals surface area contributed by atoms with Gasteiger partial charge < -0.3 is 43.1 Å². The molecule has 1 heterocycles. The first-order chi connectivity index (χ1) is 26.2. The van der Waals surface area contributed by atoms with Crippen LogP contribution in [0.15, 0.2) is 34.1 Å². The molecule has 1 aromatic heterocycles. The third kappa shape index (κ3) is 7.61. The summed E-state index contributed by atoms with van der Waals surface area (Å²) in [4.78, 5) is 57.4. The molecule has 0 saturated heterocycles. The van der Waals surface area contributed by atoms with Crippen LogP contribution in [0.5, 0.6) is 11.6 Å². The van der Waals surface area contributed by atoms with E-state index in [1.807, 2.05) is 54.6 Å². The number of ketones is 2. The monoisotopic (exact) mass is 798 g/mol. The Kier molecular flexibility index (Phi) is 12.2. The molecule has 0 spiro atoms. The van der Waals surface area contributed by atoms with Gasteiger partial charge in [-0.1, -0.05) is 66.5 Å². The maximum absolute atomic E-state index is 15.6. The van der Waals surface area contributed by atoms with E-state index in [9.17, 15) is 14.7 Å². The van der Waals surface area contributed by atoms with Crippen molar-refractivity contribution in [1.82, 2.24) is 10.5 Å². The van der Waals surface area contributed by atoms with Crippen molar-refractivity contribution in [2.45, 2.75) is 135 Å². The van der Waals surface area contributed by atoms with Gasteiger partial charge in [0.2, 0.25) is 5.78 Å². The number of unbranched alkanes of at least 4 members (excludes halogenated alkanes) is 2. The molecule has 1 aromatic carbocycles. The molecule has 14 nitrogen and oxygen atoms in total. The van der Waals surface area contributed by atoms with Crippen molar-refractivity contribution in [3.8, 4) is 11.6 Å². The van der Waals surface area contributed by atoms with Crippen LogP contribution in [-0.2, 0) is 18.6 Å². The van der Waals surface area contributed by atoms with Gasteiger partial charge in [-0.15, -0.1) is 0 Å². The maximum atomic E-state index is 15.6. The summed E-state index contributed by atoms with van der Waals surface area (Å²) in [6.07, 6.45) is -0.518. The summed E-state index contributed by atoms with van der Waals surface area (Å²) >= 11 is 0. The van der Waals surface area contributed by atoms with E-state index in [-0.39, 0.29) is 47.3 Å². The molecule has 56 heavy (non-hydrogen) atoms. The molecule has 5 rings (SSSR count). The van der Waals surface area contributed by atoms with Crippen LogP contribution in [0.3, 0.4) is 0 Å². The second-order valence-corrected chi connectivity index (χ2v) is 22.1. The van der Waals surface area contributed by atoms with Gasteiger partial charge in [-0.2, -0.15) is 0 Å². The number of nitrogens with one attached hydrogen (secondary N) is 1. The van der Waals surface area contributed by atoms with Gasteiger partial charge in [0.25, 0.3) is 5.88 Å². The highest BCUT2D eigenvalue weighted by Crippen LogP contribution is 2.61. The second kappa shape index (κ2) is 16.0. The average Bonchev–Trinajstić information content (AvgIpc) is 3.51. The Bertz CT molecular complexity index is 1870. The highest BCUT2D eigenvalue weighted by Gasteiger charge is 2.71. The minimum absolute atomic E-state index is 0.00321. The largest absolute Gasteiger partial charge is 0.514 e. The maximum Gasteiger partial charge on any atom is 0.514 e. The molecule has 15 heteroatoms. The minimum Gasteiger partial charge on any atom is -0.508 e. The second-order valence-electron chi connectivity index (χ2n) is 17.4. The summed E-state index contributed by atoms with van der Waals surface area (Å²) in [5, 5.41) is 19.9. The Hall–Kier alpha value is -4.21. The van der Waals surface area contributed by atoms with E-state index in [0.717, 1.165) is 12.8 Å². The number of hydrogen-bond acceptors (Lipinski definition) is 14. The first kappa shape index (κ1) is 42.9. The molecule has 0 unspecified atom stereocenters. The Morgan fingerprint density at radius 2 is 1.66 bits per heavy atom. The topological polar surface area (TPSA) is 182 Å². The fourth-order valence-corrected chi connectivity index (χ4v) is 9.08. The lowest BCUT2D eigenvalue weighted by atomic mass is 9.55. The minimum atomic E-state index is -3.11. The molecule has 0 bridgehead atoms. The summed E-state index contributed by atoms with van der Waals surface area (Å²) in [5.41, 5.74) is -2.98. The predicted molar refractivity (Wildman–Crippen MR) is 208 cm³/mol. The van der Waals surface area contributed by atoms with Crippen LogP contribution in [0.4, 0.5) is 9.59 Å². The molecule has 0 saturated carbocycles. The van der Waals surface area contributed by atoms with Gasteiger partial charge in [0.15, 0.2) is 25.5 Å². The van der Waals surface area contributed by atoms with Gasteiger partial charge in [0.1, 0.15) is 28.8 Å². The summed E-state index contributed by atoms with van der Waals surface area (Å²) < 4.78 is 42.0. The number of aromatic nitrogens is 1. The standard InChI is InChI=1S/C41H58N2O12Si/c1-13-15-20-49-36-28-33(54-43-36)30(42-10)29-32(52-37(47)50-21-16-14-2)25-22(3)23-18-17-19-24(51-38(48)53-39(4,5)6)26(23)31(44)27(25)34(45)41(29,35(28)46)55-56(11,12)40(7,8)9/h17-19,22,25,29-30,32,42,45H,13-16,20-21H2,1-12H3/t22-,25+,29+,30-,32-,41-/m0/s1. The molecule has 0 aliphatic heterocycles. The first-order valence-corrected chi connectivity index (χ1v) is 22.5. The lowest BCUT2D eigenvalue weighted by molar-refractivity contribution is -0.107. The van der Waals surface area contributed by atoms with Gasteiger partial charge in [-0.05, 0) is 81.5 Å². The molecule has 308 valence electrons. The highest BCUT2D eigenvalue weighted by molar-refractivity contribution is 6.74. The summed E-state index contributed by atoms with van der Waals surface area (Å²) in [5.74, 6) is -5.04. The molecule has 0 fully saturated rings. The zero-order chi connectivity index (χ0) is 41.5. The predicted octanol–water partition coefficient (Wildman–Crippen LogP) is 8.76. The fourth-order valence-electron chi connectivity index (χ4n) is 7.65. The van der Waals surface area contributed by atoms with Crippen LogP contribution >= 0.6 is 0 Å². The number of carbonyl (C=O) groups is 4. The molecule has 2 N–H and O–H groups in total. The van der Waals surface area contributed by atoms with Crippen molar-refractivity contribution in [2.24, 2.45) is 11.8 Å². The van der Waals surface area contributed by atoms with Crippen molar-refractivity contribution < 1.29 is 56.9 Å². The zero-order valence-electron chi connectivity index (χ0n) is 34.7. The Morgan fingerprint density at radius 3 is 2.27 bits per heavy atom. The van der Waals surface area contributed by atoms with Crippen molar-refractivity contribution in [3.05, 3.63) is 52.0 Å². The number of aliphatic hydroxyl groups excluding tert-OH is 1. The van der Waals surface area contributed by atoms with Gasteiger partial charge in [0, 0.05) is 11.5 Å². The number of hydrogen-bond donors (Lipinski definition) is 2. The molecular weight excluding hydrogens is 741 g/mol. The van der Waals surface area contributed by atoms with Crippen LogP contribution in [0.25, 0.3) is 0 Å². The Labute approximate surface area is 330 Å². The average molecular weight is 799 g/mol. The number of rotatable bonds is 12. The summed E-state index contributed by atoms with van der Waals surface area (Å²) in [6.45, 7) is 20.9. The van der Waals surface area contributed by atoms with E-state index in [1.165, 1.54) is 6.07 Å². The van der Waals surface area contributed by atoms with Crippen molar-refractivity contribution in [2.75, 3.05) is 20.3 Å². The molecule has 6 atom stereocenters. The van der Waals surface area contributed by atoms with E-state index in [0.29, 0.717) is 18.4 Å². The molecule has 0 radical (unpaired) electrons. The number of fused-ring (bicyclic) bond motifs is 4. The number of aliphatic hydroxyl groups is 1. The summed E-state index contributed by atoms with van der Waals surface area (Å²) in [6, 6.07) is 3.87. The quantitative estimate of drug-likeness (QED) is 0.0899. The Morgan fingerprint density at radius 1 is 1.00 bits per heavy atom. The lowest BCUT2D eigenvalue weighted by Gasteiger charge is -2.57. The first-order valence-electron chi connectivity index (χ1n) is 19.6. The fraction of sp³-hybridized carbons (Fsp3) is 0.634. The number of benzene rings is 1. The number of ether oxygens (including phenoxy) is 5. The van der Waals surface area contributed by atoms with E-state index in [4.69, 9.17) is 32.6 Å². The number of nitrogens with zero attached hydrogens (tertiary/aromatic N) is 1. The van der Waals surface area contributed by atoms with Gasteiger partial charge in [0.05, 0.1) is 30.7 Å². The third-order valence-corrected chi connectivity index (χ3v) is 15.8. The van der Waals surface area contributed by atoms with E-state index in [2.05, 4.69) is 10.5 Å². The molecular formula is C41H58N2O12Si. The van der Waals surface area contributed by atoms with Crippen molar-refractivity contribution in [1.29, 1.82) is 0 Å². The van der Waals surface area contributed by atoms with Crippen LogP contribution < -0.4 is 14.8 Å². The lowest BCUT2D eigenvalue weighted by Crippen LogP contribution is -2.69. The third-order valence-electron chi connectivity index (χ3n) is 11.4. The normalized spacial score (nSPS) is 24.8. The number of Topliss-reactive ketones (excluding diaryl/α,β-unsaturated/α-hetero) is 2. The zero-order valence-corrected chi connectivity index (χ0v) is 35.7. The van der Waals surface area contributed by atoms with Crippen LogP contribution in [0.2, 0.25) is 18.1 Å². The van der Waals surface area contributed by atoms with E-state index < -0.39 is 84.1 Å². The van der Waals surface area contributed by atoms with Crippen LogP contribution in [0.1, 0.15) is 132 Å². The summed E-state index contributed by atoms with van der Waals surface area (Å²) in [7, 11) is -1.45. The number of carbonyl (C=O) groups excluding carboxylic acids is 4. The van der Waals surface area contributed by atoms with Crippen molar-refractivity contribution >= 4 is 32.2 Å². The van der Waals surface area contributed by atoms with Gasteiger partial charge in [-0.3, -0.25) is 9.59 Å². The van der Waals surface area contributed by atoms with Crippen LogP contribution in [-0.4, -0.2) is 80.0 Å². The molecule has 2 aromatic rings. The van der Waals surface area contributed by atoms with Crippen LogP contribution in [0, 0.1) is 11.8 Å². The molecule has 3 aliphatic rings. The SMILES string of the molecule is CCCCOC(=O)O[C@H]1[C@H]2C(=C(O)[C@]3(O[Si](C)(C)C(C)(C)C)C(=O)c4c(OCCCC)noc4[C@@H](NC)[C@H]13)C(=O)c1c(OC(=O)OC(C)(C)C)cccc1[C@@H]2C. The van der Waals surface area contributed by atoms with Gasteiger partial charge >= 0.3 is 12.3 Å². The van der Waals surface area contributed by atoms with Crippen molar-refractivity contribution in [3.63, 3.8) is 0 Å². The smallest absolute Gasteiger partial charge is 0.508 e. The van der Waals surface area contributed by atoms with E-state index >= 15 is 9.59 Å². The molecule has 0 amide bonds. The highest BCUT2D eigenvalue weighted by atomic mass is 28.4.